The number of carbonyl (C=O) groups is 1. The minimum Gasteiger partial charge on any atom is -0.367 e. The first-order chi connectivity index (χ1) is 12.2. The van der Waals surface area contributed by atoms with E-state index in [1.807, 2.05) is 55.4 Å². The molecule has 3 rings (SSSR count). The minimum atomic E-state index is 0.0477. The van der Waals surface area contributed by atoms with Gasteiger partial charge in [0.25, 0.3) is 5.91 Å². The molecule has 2 aromatic heterocycles. The van der Waals surface area contributed by atoms with Gasteiger partial charge in [-0.15, -0.1) is 0 Å². The van der Waals surface area contributed by atoms with Crippen LogP contribution in [0.25, 0.3) is 0 Å². The highest BCUT2D eigenvalue weighted by atomic mass is 16.2. The first kappa shape index (κ1) is 17.2. The summed E-state index contributed by atoms with van der Waals surface area (Å²) in [4.78, 5) is 27.6. The van der Waals surface area contributed by atoms with E-state index in [9.17, 15) is 4.79 Å². The fourth-order valence-electron chi connectivity index (χ4n) is 3.15. The molecule has 132 valence electrons. The summed E-state index contributed by atoms with van der Waals surface area (Å²) in [6.45, 7) is 9.01. The minimum absolute atomic E-state index is 0.0477. The number of nitrogens with zero attached hydrogens (tertiary/aromatic N) is 5. The summed E-state index contributed by atoms with van der Waals surface area (Å²) in [6, 6.07) is 7.95. The molecule has 0 saturated carbocycles. The van der Waals surface area contributed by atoms with E-state index in [-0.39, 0.29) is 5.91 Å². The highest BCUT2D eigenvalue weighted by Gasteiger charge is 2.20. The van der Waals surface area contributed by atoms with Gasteiger partial charge in [-0.05, 0) is 32.0 Å². The Morgan fingerprint density at radius 1 is 1.08 bits per heavy atom. The Balaban J connectivity index is 1.67. The van der Waals surface area contributed by atoms with Crippen LogP contribution in [0.1, 0.15) is 24.2 Å². The average Bonchev–Trinajstić information content (AvgIpc) is 2.70. The van der Waals surface area contributed by atoms with E-state index in [1.165, 1.54) is 0 Å². The maximum atomic E-state index is 12.5. The van der Waals surface area contributed by atoms with E-state index in [0.717, 1.165) is 37.7 Å². The molecule has 1 aliphatic heterocycles. The molecule has 1 saturated heterocycles. The first-order valence-corrected chi connectivity index (χ1v) is 8.88. The van der Waals surface area contributed by atoms with E-state index in [2.05, 4.69) is 19.8 Å². The summed E-state index contributed by atoms with van der Waals surface area (Å²) >= 11 is 0. The second kappa shape index (κ2) is 7.96. The Labute approximate surface area is 149 Å². The van der Waals surface area contributed by atoms with Gasteiger partial charge < -0.3 is 14.7 Å². The molecule has 0 bridgehead atoms. The van der Waals surface area contributed by atoms with Crippen molar-refractivity contribution >= 4 is 17.4 Å². The van der Waals surface area contributed by atoms with Crippen LogP contribution in [0, 0.1) is 0 Å². The van der Waals surface area contributed by atoms with Crippen LogP contribution < -0.4 is 9.80 Å². The van der Waals surface area contributed by atoms with Crippen LogP contribution in [0.15, 0.2) is 42.9 Å². The van der Waals surface area contributed by atoms with Crippen LogP contribution in [-0.4, -0.2) is 60.0 Å². The van der Waals surface area contributed by atoms with Gasteiger partial charge in [-0.25, -0.2) is 4.98 Å². The molecule has 25 heavy (non-hydrogen) atoms. The zero-order valence-corrected chi connectivity index (χ0v) is 14.9. The van der Waals surface area contributed by atoms with E-state index in [4.69, 9.17) is 0 Å². The molecule has 2 aromatic rings. The lowest BCUT2D eigenvalue weighted by Gasteiger charge is -2.36. The molecule has 0 atom stereocenters. The Morgan fingerprint density at radius 2 is 1.80 bits per heavy atom. The highest BCUT2D eigenvalue weighted by molar-refractivity contribution is 5.94. The normalized spacial score (nSPS) is 14.5. The molecule has 3 heterocycles. The SMILES string of the molecule is CCN(CC)C(=O)c1cncc(N2CCN(c3ccccn3)CC2)c1. The lowest BCUT2D eigenvalue weighted by Crippen LogP contribution is -2.47. The molecule has 1 amide bonds. The fraction of sp³-hybridized carbons (Fsp3) is 0.421. The number of rotatable bonds is 5. The maximum absolute atomic E-state index is 12.5. The van der Waals surface area contributed by atoms with Crippen LogP contribution >= 0.6 is 0 Å². The Kier molecular flexibility index (Phi) is 5.48. The predicted molar refractivity (Wildman–Crippen MR) is 100 cm³/mol. The summed E-state index contributed by atoms with van der Waals surface area (Å²) in [5, 5.41) is 0. The molecule has 0 aromatic carbocycles. The van der Waals surface area contributed by atoms with Gasteiger partial charge in [0.15, 0.2) is 0 Å². The van der Waals surface area contributed by atoms with Crippen LogP contribution in [0.2, 0.25) is 0 Å². The molecule has 0 radical (unpaired) electrons. The summed E-state index contributed by atoms with van der Waals surface area (Å²) in [6.07, 6.45) is 5.33. The van der Waals surface area contributed by atoms with Gasteiger partial charge in [-0.1, -0.05) is 6.07 Å². The lowest BCUT2D eigenvalue weighted by molar-refractivity contribution is 0.0772. The molecule has 0 spiro atoms. The zero-order valence-electron chi connectivity index (χ0n) is 14.9. The second-order valence-electron chi connectivity index (χ2n) is 6.07. The zero-order chi connectivity index (χ0) is 17.6. The van der Waals surface area contributed by atoms with Gasteiger partial charge in [-0.3, -0.25) is 9.78 Å². The van der Waals surface area contributed by atoms with Crippen molar-refractivity contribution in [2.45, 2.75) is 13.8 Å². The second-order valence-corrected chi connectivity index (χ2v) is 6.07. The summed E-state index contributed by atoms with van der Waals surface area (Å²) < 4.78 is 0. The van der Waals surface area contributed by atoms with Crippen molar-refractivity contribution in [3.63, 3.8) is 0 Å². The topological polar surface area (TPSA) is 52.6 Å². The van der Waals surface area contributed by atoms with E-state index >= 15 is 0 Å². The number of anilines is 2. The van der Waals surface area contributed by atoms with Crippen LogP contribution in [-0.2, 0) is 0 Å². The van der Waals surface area contributed by atoms with Gasteiger partial charge in [-0.2, -0.15) is 0 Å². The molecule has 1 fully saturated rings. The van der Waals surface area contributed by atoms with Crippen molar-refractivity contribution in [1.82, 2.24) is 14.9 Å². The molecule has 6 heteroatoms. The van der Waals surface area contributed by atoms with Crippen molar-refractivity contribution in [3.05, 3.63) is 48.4 Å². The van der Waals surface area contributed by atoms with Gasteiger partial charge in [0.2, 0.25) is 0 Å². The number of pyridine rings is 2. The molecule has 0 N–H and O–H groups in total. The van der Waals surface area contributed by atoms with Crippen molar-refractivity contribution in [2.24, 2.45) is 0 Å². The number of amides is 1. The maximum Gasteiger partial charge on any atom is 0.255 e. The number of hydrogen-bond donors (Lipinski definition) is 0. The highest BCUT2D eigenvalue weighted by Crippen LogP contribution is 2.20. The Bertz CT molecular complexity index is 694. The summed E-state index contributed by atoms with van der Waals surface area (Å²) in [5.74, 6) is 1.07. The molecular weight excluding hydrogens is 314 g/mol. The van der Waals surface area contributed by atoms with Crippen LogP contribution in [0.4, 0.5) is 11.5 Å². The smallest absolute Gasteiger partial charge is 0.255 e. The number of aromatic nitrogens is 2. The van der Waals surface area contributed by atoms with Gasteiger partial charge in [0.05, 0.1) is 17.4 Å². The summed E-state index contributed by atoms with van der Waals surface area (Å²) in [7, 11) is 0. The number of piperazine rings is 1. The molecular formula is C19H25N5O. The van der Waals surface area contributed by atoms with Crippen LogP contribution in [0.3, 0.4) is 0 Å². The van der Waals surface area contributed by atoms with E-state index in [1.54, 1.807) is 6.20 Å². The Hall–Kier alpha value is -2.63. The molecule has 0 unspecified atom stereocenters. The van der Waals surface area contributed by atoms with Gasteiger partial charge in [0.1, 0.15) is 5.82 Å². The standard InChI is InChI=1S/C19H25N5O/c1-3-22(4-2)19(25)16-13-17(15-20-14-16)23-9-11-24(12-10-23)18-7-5-6-8-21-18/h5-8,13-15H,3-4,9-12H2,1-2H3. The van der Waals surface area contributed by atoms with Gasteiger partial charge >= 0.3 is 0 Å². The molecule has 0 aliphatic carbocycles. The van der Waals surface area contributed by atoms with Crippen molar-refractivity contribution in [3.8, 4) is 0 Å². The quantitative estimate of drug-likeness (QED) is 0.836. The summed E-state index contributed by atoms with van der Waals surface area (Å²) in [5.41, 5.74) is 1.67. The first-order valence-electron chi connectivity index (χ1n) is 8.88. The molecule has 1 aliphatic rings. The molecule has 6 nitrogen and oxygen atoms in total. The third kappa shape index (κ3) is 3.90. The van der Waals surface area contributed by atoms with Crippen molar-refractivity contribution < 1.29 is 4.79 Å². The number of hydrogen-bond acceptors (Lipinski definition) is 5. The monoisotopic (exact) mass is 339 g/mol. The number of carbonyl (C=O) groups excluding carboxylic acids is 1. The predicted octanol–water partition coefficient (Wildman–Crippen LogP) is 2.29. The van der Waals surface area contributed by atoms with E-state index in [0.29, 0.717) is 18.7 Å². The Morgan fingerprint density at radius 3 is 2.44 bits per heavy atom. The largest absolute Gasteiger partial charge is 0.367 e. The van der Waals surface area contributed by atoms with Crippen LogP contribution in [0.5, 0.6) is 0 Å². The fourth-order valence-corrected chi connectivity index (χ4v) is 3.15. The van der Waals surface area contributed by atoms with Gasteiger partial charge in [0, 0.05) is 51.7 Å². The third-order valence-corrected chi connectivity index (χ3v) is 4.64. The van der Waals surface area contributed by atoms with Crippen molar-refractivity contribution in [1.29, 1.82) is 0 Å². The van der Waals surface area contributed by atoms with E-state index < -0.39 is 0 Å². The lowest BCUT2D eigenvalue weighted by atomic mass is 10.2. The third-order valence-electron chi connectivity index (χ3n) is 4.64. The van der Waals surface area contributed by atoms with Crippen molar-refractivity contribution in [2.75, 3.05) is 49.1 Å². The average molecular weight is 339 g/mol.